The molecule has 2 fully saturated rings. The Morgan fingerprint density at radius 3 is 2.18 bits per heavy atom. The number of hydrogen-bond acceptors (Lipinski definition) is 4. The lowest BCUT2D eigenvalue weighted by atomic mass is 10.1. The molecule has 38 heavy (non-hydrogen) atoms. The molecule has 0 radical (unpaired) electrons. The van der Waals surface area contributed by atoms with Gasteiger partial charge in [-0.2, -0.15) is 13.2 Å². The number of carbonyl (C=O) groups is 3. The number of piperazine rings is 1. The van der Waals surface area contributed by atoms with Gasteiger partial charge in [0.05, 0.1) is 18.2 Å². The van der Waals surface area contributed by atoms with Crippen molar-refractivity contribution < 1.29 is 32.3 Å². The van der Waals surface area contributed by atoms with Crippen LogP contribution in [0.1, 0.15) is 18.4 Å². The highest BCUT2D eigenvalue weighted by molar-refractivity contribution is 6.30. The topological polar surface area (TPSA) is 103 Å². The third-order valence-corrected chi connectivity index (χ3v) is 6.57. The van der Waals surface area contributed by atoms with E-state index in [2.05, 4.69) is 16.0 Å². The van der Waals surface area contributed by atoms with Gasteiger partial charge in [0.25, 0.3) is 0 Å². The molecule has 0 spiro atoms. The maximum Gasteiger partial charge on any atom is 0.416 e. The summed E-state index contributed by atoms with van der Waals surface area (Å²) in [6.07, 6.45) is -2.89. The van der Waals surface area contributed by atoms with Crippen LogP contribution in [0.25, 0.3) is 0 Å². The van der Waals surface area contributed by atoms with Gasteiger partial charge in [-0.05, 0) is 61.4 Å². The molecule has 3 N–H and O–H groups in total. The summed E-state index contributed by atoms with van der Waals surface area (Å²) in [4.78, 5) is 41.8. The minimum atomic E-state index is -4.49. The summed E-state index contributed by atoms with van der Waals surface area (Å²) in [7, 11) is 0. The van der Waals surface area contributed by atoms with Crippen LogP contribution in [-0.4, -0.2) is 72.7 Å². The number of nitrogens with zero attached hydrogens (tertiary/aromatic N) is 2. The number of alkyl halides is 3. The Hall–Kier alpha value is -3.51. The van der Waals surface area contributed by atoms with Crippen LogP contribution in [0.3, 0.4) is 0 Å². The smallest absolute Gasteiger partial charge is 0.376 e. The largest absolute Gasteiger partial charge is 0.416 e. The number of ether oxygens (including phenoxy) is 1. The Morgan fingerprint density at radius 1 is 0.947 bits per heavy atom. The van der Waals surface area contributed by atoms with Gasteiger partial charge in [-0.25, -0.2) is 9.59 Å². The number of nitrogens with one attached hydrogen (secondary N) is 3. The summed E-state index contributed by atoms with van der Waals surface area (Å²) in [5.74, 6) is -0.446. The quantitative estimate of drug-likeness (QED) is 0.510. The summed E-state index contributed by atoms with van der Waals surface area (Å²) in [5, 5.41) is 8.60. The Balaban J connectivity index is 1.43. The lowest BCUT2D eigenvalue weighted by Crippen LogP contribution is -2.63. The predicted molar refractivity (Wildman–Crippen MR) is 135 cm³/mol. The molecule has 2 aromatic rings. The number of hydrogen-bond donors (Lipinski definition) is 3. The van der Waals surface area contributed by atoms with Crippen molar-refractivity contribution in [1.82, 2.24) is 15.1 Å². The second kappa shape index (κ2) is 11.9. The van der Waals surface area contributed by atoms with E-state index in [4.69, 9.17) is 16.3 Å². The normalized spacial score (nSPS) is 19.7. The average Bonchev–Trinajstić information content (AvgIpc) is 3.42. The SMILES string of the molecule is O=C(NCC1CCCO1)C1CN(C(=O)Nc2ccc(C(F)(F)F)cc2)CCN1C(=O)Nc1ccc(Cl)cc1. The molecule has 2 unspecified atom stereocenters. The average molecular weight is 554 g/mol. The minimum Gasteiger partial charge on any atom is -0.376 e. The molecule has 0 saturated carbocycles. The lowest BCUT2D eigenvalue weighted by Gasteiger charge is -2.40. The van der Waals surface area contributed by atoms with Crippen molar-refractivity contribution in [1.29, 1.82) is 0 Å². The first-order valence-corrected chi connectivity index (χ1v) is 12.4. The zero-order valence-corrected chi connectivity index (χ0v) is 21.0. The third-order valence-electron chi connectivity index (χ3n) is 6.32. The summed E-state index contributed by atoms with van der Waals surface area (Å²) in [6, 6.07) is 8.42. The Bertz CT molecular complexity index is 1140. The number of rotatable bonds is 5. The molecule has 2 aliphatic rings. The van der Waals surface area contributed by atoms with Gasteiger partial charge in [-0.15, -0.1) is 0 Å². The molecule has 13 heteroatoms. The summed E-state index contributed by atoms with van der Waals surface area (Å²) in [6.45, 7) is 0.947. The molecule has 0 bridgehead atoms. The van der Waals surface area contributed by atoms with Gasteiger partial charge in [-0.3, -0.25) is 4.79 Å². The van der Waals surface area contributed by atoms with Crippen LogP contribution in [0.4, 0.5) is 34.1 Å². The summed E-state index contributed by atoms with van der Waals surface area (Å²) >= 11 is 5.90. The van der Waals surface area contributed by atoms with Gasteiger partial charge in [0, 0.05) is 42.6 Å². The van der Waals surface area contributed by atoms with Gasteiger partial charge < -0.3 is 30.5 Å². The molecular formula is C25H27ClF3N5O4. The second-order valence-electron chi connectivity index (χ2n) is 8.98. The van der Waals surface area contributed by atoms with Crippen LogP contribution in [0.15, 0.2) is 48.5 Å². The molecule has 2 saturated heterocycles. The summed E-state index contributed by atoms with van der Waals surface area (Å²) in [5.41, 5.74) is -0.176. The Kier molecular flexibility index (Phi) is 8.62. The fourth-order valence-corrected chi connectivity index (χ4v) is 4.37. The van der Waals surface area contributed by atoms with E-state index in [1.165, 1.54) is 9.80 Å². The first kappa shape index (κ1) is 27.5. The van der Waals surface area contributed by atoms with Gasteiger partial charge in [0.1, 0.15) is 6.04 Å². The number of amides is 5. The predicted octanol–water partition coefficient (Wildman–Crippen LogP) is 4.40. The number of anilines is 2. The van der Waals surface area contributed by atoms with Crippen molar-refractivity contribution in [2.45, 2.75) is 31.2 Å². The first-order valence-electron chi connectivity index (χ1n) is 12.1. The maximum absolute atomic E-state index is 13.2. The number of urea groups is 2. The fraction of sp³-hybridized carbons (Fsp3) is 0.400. The van der Waals surface area contributed by atoms with E-state index in [9.17, 15) is 27.6 Å². The van der Waals surface area contributed by atoms with Crippen LogP contribution in [-0.2, 0) is 15.7 Å². The number of halogens is 4. The van der Waals surface area contributed by atoms with E-state index in [-0.39, 0.29) is 38.0 Å². The van der Waals surface area contributed by atoms with Crippen molar-refractivity contribution in [3.8, 4) is 0 Å². The zero-order chi connectivity index (χ0) is 27.3. The first-order chi connectivity index (χ1) is 18.1. The maximum atomic E-state index is 13.2. The van der Waals surface area contributed by atoms with Crippen LogP contribution in [0.2, 0.25) is 5.02 Å². The van der Waals surface area contributed by atoms with Gasteiger partial charge in [0.15, 0.2) is 0 Å². The van der Waals surface area contributed by atoms with Gasteiger partial charge in [-0.1, -0.05) is 11.6 Å². The van der Waals surface area contributed by atoms with E-state index in [0.717, 1.165) is 37.1 Å². The third kappa shape index (κ3) is 7.07. The molecule has 2 heterocycles. The lowest BCUT2D eigenvalue weighted by molar-refractivity contribution is -0.137. The van der Waals surface area contributed by atoms with E-state index in [1.54, 1.807) is 24.3 Å². The van der Waals surface area contributed by atoms with E-state index >= 15 is 0 Å². The molecule has 5 amide bonds. The summed E-state index contributed by atoms with van der Waals surface area (Å²) < 4.78 is 44.0. The number of benzene rings is 2. The molecule has 9 nitrogen and oxygen atoms in total. The highest BCUT2D eigenvalue weighted by Crippen LogP contribution is 2.30. The highest BCUT2D eigenvalue weighted by atomic mass is 35.5. The molecule has 204 valence electrons. The standard InChI is InChI=1S/C25H27ClF3N5O4/c26-17-5-9-19(10-6-17)32-24(37)34-12-11-33(15-21(34)22(35)30-14-20-2-1-13-38-20)23(36)31-18-7-3-16(4-8-18)25(27,28)29/h3-10,20-21H,1-2,11-15H2,(H,30,35)(H,31,36)(H,32,37). The van der Waals surface area contributed by atoms with Crippen molar-refractivity contribution in [2.24, 2.45) is 0 Å². The Morgan fingerprint density at radius 2 is 1.58 bits per heavy atom. The van der Waals surface area contributed by atoms with Gasteiger partial charge in [0.2, 0.25) is 5.91 Å². The Labute approximate surface area is 222 Å². The van der Waals surface area contributed by atoms with E-state index < -0.39 is 35.8 Å². The second-order valence-corrected chi connectivity index (χ2v) is 9.41. The van der Waals surface area contributed by atoms with E-state index in [0.29, 0.717) is 17.3 Å². The molecule has 0 aromatic heterocycles. The molecule has 4 rings (SSSR count). The molecule has 2 atom stereocenters. The highest BCUT2D eigenvalue weighted by Gasteiger charge is 2.37. The molecular weight excluding hydrogens is 527 g/mol. The molecule has 2 aromatic carbocycles. The van der Waals surface area contributed by atoms with Crippen LogP contribution >= 0.6 is 11.6 Å². The van der Waals surface area contributed by atoms with Crippen LogP contribution in [0.5, 0.6) is 0 Å². The zero-order valence-electron chi connectivity index (χ0n) is 20.3. The van der Waals surface area contributed by atoms with Crippen LogP contribution < -0.4 is 16.0 Å². The fourth-order valence-electron chi connectivity index (χ4n) is 4.25. The van der Waals surface area contributed by atoms with Crippen LogP contribution in [0, 0.1) is 0 Å². The van der Waals surface area contributed by atoms with E-state index in [1.807, 2.05) is 0 Å². The van der Waals surface area contributed by atoms with Crippen molar-refractivity contribution >= 4 is 40.9 Å². The molecule has 2 aliphatic heterocycles. The van der Waals surface area contributed by atoms with Crippen molar-refractivity contribution in [3.05, 3.63) is 59.1 Å². The van der Waals surface area contributed by atoms with Crippen molar-refractivity contribution in [2.75, 3.05) is 43.4 Å². The van der Waals surface area contributed by atoms with Gasteiger partial charge >= 0.3 is 18.2 Å². The minimum absolute atomic E-state index is 0.0534. The number of carbonyl (C=O) groups excluding carboxylic acids is 3. The molecule has 0 aliphatic carbocycles. The van der Waals surface area contributed by atoms with Crippen molar-refractivity contribution in [3.63, 3.8) is 0 Å². The monoisotopic (exact) mass is 553 g/mol.